The quantitative estimate of drug-likeness (QED) is 0.259. The van der Waals surface area contributed by atoms with Crippen molar-refractivity contribution in [3.63, 3.8) is 0 Å². The molecule has 1 aromatic carbocycles. The van der Waals surface area contributed by atoms with Crippen molar-refractivity contribution in [2.45, 2.75) is 83.1 Å². The van der Waals surface area contributed by atoms with Gasteiger partial charge in [-0.25, -0.2) is 9.37 Å². The normalized spacial score (nSPS) is 22.4. The lowest BCUT2D eigenvalue weighted by Gasteiger charge is -2.35. The number of hydrogen-bond acceptors (Lipinski definition) is 8. The van der Waals surface area contributed by atoms with Crippen LogP contribution < -0.4 is 15.5 Å². The summed E-state index contributed by atoms with van der Waals surface area (Å²) in [5.41, 5.74) is 4.40. The number of aryl methyl sites for hydroxylation is 1. The highest BCUT2D eigenvalue weighted by molar-refractivity contribution is 5.70. The molecule has 0 spiro atoms. The number of piperidine rings is 1. The van der Waals surface area contributed by atoms with Crippen molar-refractivity contribution in [3.8, 4) is 0 Å². The minimum atomic E-state index is -0.719. The molecule has 11 heteroatoms. The summed E-state index contributed by atoms with van der Waals surface area (Å²) in [6.45, 7) is 5.94. The number of rotatable bonds is 11. The average Bonchev–Trinajstić information content (AvgIpc) is 3.50. The van der Waals surface area contributed by atoms with Crippen LogP contribution in [0.15, 0.2) is 42.7 Å². The third kappa shape index (κ3) is 7.57. The third-order valence-corrected chi connectivity index (χ3v) is 10.0. The molecule has 6 rings (SSSR count). The number of anilines is 3. The molecule has 4 heterocycles. The van der Waals surface area contributed by atoms with Gasteiger partial charge in [0.1, 0.15) is 12.0 Å². The van der Waals surface area contributed by atoms with Crippen molar-refractivity contribution in [3.05, 3.63) is 59.5 Å². The molecule has 2 atom stereocenters. The number of fused-ring (bicyclic) bond motifs is 1. The zero-order chi connectivity index (χ0) is 31.3. The molecule has 2 aromatic heterocycles. The molecule has 3 aromatic rings. The molecular formula is C34H47FN8O2. The van der Waals surface area contributed by atoms with Crippen LogP contribution in [0.3, 0.4) is 0 Å². The number of nitrogens with one attached hydrogen (secondary N) is 2. The fourth-order valence-electron chi connectivity index (χ4n) is 7.31. The van der Waals surface area contributed by atoms with Crippen molar-refractivity contribution >= 4 is 23.4 Å². The van der Waals surface area contributed by atoms with E-state index in [0.717, 1.165) is 87.3 Å². The highest BCUT2D eigenvalue weighted by atomic mass is 19.1. The fraction of sp³-hybridized carbons (Fsp3) is 0.588. The van der Waals surface area contributed by atoms with Gasteiger partial charge < -0.3 is 25.5 Å². The van der Waals surface area contributed by atoms with Gasteiger partial charge in [-0.2, -0.15) is 10.1 Å². The number of aliphatic carboxylic acids is 1. The second-order valence-corrected chi connectivity index (χ2v) is 13.1. The van der Waals surface area contributed by atoms with E-state index in [1.165, 1.54) is 5.69 Å². The van der Waals surface area contributed by atoms with Crippen molar-refractivity contribution in [2.24, 2.45) is 18.9 Å². The Morgan fingerprint density at radius 3 is 2.47 bits per heavy atom. The maximum Gasteiger partial charge on any atom is 0.306 e. The van der Waals surface area contributed by atoms with Gasteiger partial charge in [-0.1, -0.05) is 25.1 Å². The van der Waals surface area contributed by atoms with Gasteiger partial charge in [0.05, 0.1) is 23.9 Å². The maximum atomic E-state index is 14.0. The topological polar surface area (TPSA) is 111 Å². The van der Waals surface area contributed by atoms with Crippen LogP contribution in [-0.2, 0) is 24.8 Å². The largest absolute Gasteiger partial charge is 0.481 e. The van der Waals surface area contributed by atoms with Crippen LogP contribution in [0.25, 0.3) is 0 Å². The van der Waals surface area contributed by atoms with Crippen molar-refractivity contribution in [1.82, 2.24) is 24.6 Å². The molecule has 1 saturated carbocycles. The number of carboxylic acids is 1. The Bertz CT molecular complexity index is 1420. The van der Waals surface area contributed by atoms with E-state index in [4.69, 9.17) is 9.97 Å². The van der Waals surface area contributed by atoms with Crippen molar-refractivity contribution in [2.75, 3.05) is 41.7 Å². The Morgan fingerprint density at radius 2 is 1.80 bits per heavy atom. The van der Waals surface area contributed by atoms with Gasteiger partial charge in [0.15, 0.2) is 0 Å². The van der Waals surface area contributed by atoms with Gasteiger partial charge in [-0.15, -0.1) is 0 Å². The first-order valence-corrected chi connectivity index (χ1v) is 16.7. The van der Waals surface area contributed by atoms with E-state index in [1.54, 1.807) is 0 Å². The zero-order valence-electron chi connectivity index (χ0n) is 26.5. The van der Waals surface area contributed by atoms with Gasteiger partial charge in [-0.3, -0.25) is 9.48 Å². The Labute approximate surface area is 265 Å². The number of carboxylic acid groups (broad SMARTS) is 1. The molecule has 3 N–H and O–H groups in total. The monoisotopic (exact) mass is 618 g/mol. The molecule has 10 nitrogen and oxygen atoms in total. The number of nitrogens with zero attached hydrogens (tertiary/aromatic N) is 6. The first-order valence-electron chi connectivity index (χ1n) is 16.7. The summed E-state index contributed by atoms with van der Waals surface area (Å²) in [4.78, 5) is 26.5. The van der Waals surface area contributed by atoms with Crippen LogP contribution in [0.2, 0.25) is 0 Å². The number of aromatic nitrogens is 4. The molecule has 2 aliphatic heterocycles. The lowest BCUT2D eigenvalue weighted by atomic mass is 9.78. The van der Waals surface area contributed by atoms with Crippen LogP contribution in [0, 0.1) is 11.8 Å². The Hall–Kier alpha value is -3.73. The second kappa shape index (κ2) is 14.1. The number of likely N-dealkylation sites (tertiary alicyclic amines) is 1. The van der Waals surface area contributed by atoms with Gasteiger partial charge in [-0.05, 0) is 63.0 Å². The summed E-state index contributed by atoms with van der Waals surface area (Å²) in [6, 6.07) is 10.6. The van der Waals surface area contributed by atoms with E-state index in [1.807, 2.05) is 30.2 Å². The highest BCUT2D eigenvalue weighted by Gasteiger charge is 2.32. The SMILES string of the molecule is CC[C@@H](Nc1nc2c(c(N[C@@H](CN3CCC(F)CC3)c3cnn(C)c3)n1)CN(c1ccccc1)CC2)C1CCC(C(=O)O)CC1. The van der Waals surface area contributed by atoms with E-state index in [9.17, 15) is 14.3 Å². The second-order valence-electron chi connectivity index (χ2n) is 13.1. The Balaban J connectivity index is 1.29. The van der Waals surface area contributed by atoms with Gasteiger partial charge in [0, 0.05) is 75.2 Å². The number of alkyl halides is 1. The summed E-state index contributed by atoms with van der Waals surface area (Å²) in [6.07, 6.45) is 9.30. The molecule has 2 fully saturated rings. The smallest absolute Gasteiger partial charge is 0.306 e. The van der Waals surface area contributed by atoms with E-state index >= 15 is 0 Å². The maximum absolute atomic E-state index is 14.0. The lowest BCUT2D eigenvalue weighted by Crippen LogP contribution is -2.39. The molecule has 0 radical (unpaired) electrons. The average molecular weight is 619 g/mol. The molecule has 0 bridgehead atoms. The van der Waals surface area contributed by atoms with Crippen LogP contribution in [0.1, 0.15) is 74.7 Å². The van der Waals surface area contributed by atoms with E-state index in [-0.39, 0.29) is 18.0 Å². The van der Waals surface area contributed by atoms with Crippen LogP contribution in [0.5, 0.6) is 0 Å². The lowest BCUT2D eigenvalue weighted by molar-refractivity contribution is -0.143. The van der Waals surface area contributed by atoms with Crippen LogP contribution in [0.4, 0.5) is 21.8 Å². The number of carbonyl (C=O) groups is 1. The first-order chi connectivity index (χ1) is 21.9. The minimum absolute atomic E-state index is 0.0814. The number of hydrogen-bond donors (Lipinski definition) is 3. The van der Waals surface area contributed by atoms with E-state index in [2.05, 4.69) is 56.7 Å². The first kappa shape index (κ1) is 31.3. The zero-order valence-corrected chi connectivity index (χ0v) is 26.5. The molecule has 3 aliphatic rings. The number of benzene rings is 1. The molecule has 242 valence electrons. The summed E-state index contributed by atoms with van der Waals surface area (Å²) in [5.74, 6) is 0.922. The summed E-state index contributed by atoms with van der Waals surface area (Å²) >= 11 is 0. The van der Waals surface area contributed by atoms with Crippen molar-refractivity contribution < 1.29 is 14.3 Å². The molecule has 45 heavy (non-hydrogen) atoms. The summed E-state index contributed by atoms with van der Waals surface area (Å²) < 4.78 is 15.8. The fourth-order valence-corrected chi connectivity index (χ4v) is 7.31. The molecular weight excluding hydrogens is 571 g/mol. The third-order valence-electron chi connectivity index (χ3n) is 10.0. The van der Waals surface area contributed by atoms with E-state index in [0.29, 0.717) is 31.3 Å². The van der Waals surface area contributed by atoms with Crippen LogP contribution in [-0.4, -0.2) is 74.1 Å². The van der Waals surface area contributed by atoms with Gasteiger partial charge >= 0.3 is 5.97 Å². The molecule has 1 aliphatic carbocycles. The van der Waals surface area contributed by atoms with Crippen LogP contribution >= 0.6 is 0 Å². The standard InChI is InChI=1S/C34H47FN8O2/c1-3-29(23-9-11-24(12-10-23)33(44)45)38-34-39-30-15-18-43(27-7-5-4-6-8-27)21-28(30)32(40-34)37-31(25-19-36-41(2)20-25)22-42-16-13-26(35)14-17-42/h4-8,19-20,23-24,26,29,31H,3,9-18,21-22H2,1-2H3,(H,44,45)(H2,37,38,39,40)/t23?,24?,29-,31+/m1/s1. The van der Waals surface area contributed by atoms with Crippen molar-refractivity contribution in [1.29, 1.82) is 0 Å². The van der Waals surface area contributed by atoms with E-state index < -0.39 is 12.1 Å². The summed E-state index contributed by atoms with van der Waals surface area (Å²) in [7, 11) is 1.93. The number of halogens is 1. The molecule has 0 amide bonds. The predicted octanol–water partition coefficient (Wildman–Crippen LogP) is 5.44. The molecule has 0 unspecified atom stereocenters. The Morgan fingerprint density at radius 1 is 1.04 bits per heavy atom. The predicted molar refractivity (Wildman–Crippen MR) is 174 cm³/mol. The Kier molecular flexibility index (Phi) is 9.82. The van der Waals surface area contributed by atoms with Gasteiger partial charge in [0.2, 0.25) is 5.95 Å². The number of para-hydroxylation sites is 1. The highest BCUT2D eigenvalue weighted by Crippen LogP contribution is 2.35. The molecule has 1 saturated heterocycles. The van der Waals surface area contributed by atoms with Gasteiger partial charge in [0.25, 0.3) is 0 Å². The minimum Gasteiger partial charge on any atom is -0.481 e. The summed E-state index contributed by atoms with van der Waals surface area (Å²) in [5, 5.41) is 21.5.